The van der Waals surface area contributed by atoms with Crippen LogP contribution in [0.2, 0.25) is 0 Å². The first kappa shape index (κ1) is 19.3. The molecule has 0 spiro atoms. The molecule has 0 unspecified atom stereocenters. The third-order valence-electron chi connectivity index (χ3n) is 3.39. The lowest BCUT2D eigenvalue weighted by molar-refractivity contribution is 0.411. The second kappa shape index (κ2) is 9.39. The average molecular weight is 341 g/mol. The fraction of sp³-hybridized carbons (Fsp3) is 0.562. The second-order valence-electron chi connectivity index (χ2n) is 5.46. The summed E-state index contributed by atoms with van der Waals surface area (Å²) >= 11 is 0. The van der Waals surface area contributed by atoms with Gasteiger partial charge in [0.05, 0.1) is 12.9 Å². The molecule has 1 aromatic rings. The fourth-order valence-electron chi connectivity index (χ4n) is 2.11. The van der Waals surface area contributed by atoms with Crippen LogP contribution < -0.4 is 15.4 Å². The van der Waals surface area contributed by atoms with Gasteiger partial charge < -0.3 is 15.4 Å². The first-order valence-corrected chi connectivity index (χ1v) is 9.67. The first-order valence-electron chi connectivity index (χ1n) is 7.61. The van der Waals surface area contributed by atoms with E-state index < -0.39 is 9.84 Å². The predicted molar refractivity (Wildman–Crippen MR) is 95.1 cm³/mol. The molecule has 0 radical (unpaired) electrons. The van der Waals surface area contributed by atoms with Crippen molar-refractivity contribution < 1.29 is 13.2 Å². The Morgan fingerprint density at radius 1 is 1.26 bits per heavy atom. The summed E-state index contributed by atoms with van der Waals surface area (Å²) in [5, 5.41) is 6.33. The van der Waals surface area contributed by atoms with Gasteiger partial charge in [0, 0.05) is 26.4 Å². The molecule has 7 heteroatoms. The zero-order chi connectivity index (χ0) is 17.3. The summed E-state index contributed by atoms with van der Waals surface area (Å²) in [6.07, 6.45) is 2.66. The monoisotopic (exact) mass is 341 g/mol. The van der Waals surface area contributed by atoms with E-state index in [0.29, 0.717) is 18.9 Å². The molecule has 2 N–H and O–H groups in total. The number of hydrogen-bond donors (Lipinski definition) is 2. The first-order chi connectivity index (χ1) is 10.9. The number of methoxy groups -OCH3 is 1. The summed E-state index contributed by atoms with van der Waals surface area (Å²) in [6, 6.07) is 6.17. The van der Waals surface area contributed by atoms with Crippen LogP contribution in [0.3, 0.4) is 0 Å². The van der Waals surface area contributed by atoms with Gasteiger partial charge in [-0.1, -0.05) is 12.1 Å². The maximum atomic E-state index is 11.1. The Kier molecular flexibility index (Phi) is 7.88. The predicted octanol–water partition coefficient (Wildman–Crippen LogP) is 1.15. The van der Waals surface area contributed by atoms with Crippen molar-refractivity contribution in [1.29, 1.82) is 0 Å². The number of nitrogens with zero attached hydrogens (tertiary/aromatic N) is 1. The van der Waals surface area contributed by atoms with Crippen molar-refractivity contribution in [3.63, 3.8) is 0 Å². The molecule has 0 aromatic heterocycles. The van der Waals surface area contributed by atoms with E-state index in [9.17, 15) is 8.42 Å². The van der Waals surface area contributed by atoms with Gasteiger partial charge in [0.2, 0.25) is 0 Å². The summed E-state index contributed by atoms with van der Waals surface area (Å²) in [6.45, 7) is 3.33. The quantitative estimate of drug-likeness (QED) is 0.421. The van der Waals surface area contributed by atoms with E-state index in [0.717, 1.165) is 24.3 Å². The van der Waals surface area contributed by atoms with Crippen molar-refractivity contribution in [3.05, 3.63) is 29.3 Å². The van der Waals surface area contributed by atoms with E-state index in [-0.39, 0.29) is 5.75 Å². The van der Waals surface area contributed by atoms with Gasteiger partial charge in [0.1, 0.15) is 15.6 Å². The zero-order valence-electron chi connectivity index (χ0n) is 14.3. The number of ether oxygens (including phenoxy) is 1. The highest BCUT2D eigenvalue weighted by Gasteiger charge is 2.03. The number of sulfone groups is 1. The van der Waals surface area contributed by atoms with Gasteiger partial charge in [-0.2, -0.15) is 0 Å². The average Bonchev–Trinajstić information content (AvgIpc) is 2.50. The molecule has 0 heterocycles. The number of nitrogens with one attached hydrogen (secondary N) is 2. The Labute approximate surface area is 139 Å². The van der Waals surface area contributed by atoms with Crippen molar-refractivity contribution in [1.82, 2.24) is 10.6 Å². The highest BCUT2D eigenvalue weighted by atomic mass is 32.2. The van der Waals surface area contributed by atoms with Crippen molar-refractivity contribution in [2.75, 3.05) is 39.3 Å². The third-order valence-corrected chi connectivity index (χ3v) is 4.42. The summed E-state index contributed by atoms with van der Waals surface area (Å²) in [5.74, 6) is 1.75. The maximum Gasteiger partial charge on any atom is 0.190 e. The summed E-state index contributed by atoms with van der Waals surface area (Å²) < 4.78 is 27.5. The van der Waals surface area contributed by atoms with Crippen LogP contribution in [0, 0.1) is 6.92 Å². The molecule has 6 nitrogen and oxygen atoms in total. The maximum absolute atomic E-state index is 11.1. The van der Waals surface area contributed by atoms with E-state index in [1.54, 1.807) is 14.2 Å². The van der Waals surface area contributed by atoms with E-state index in [1.165, 1.54) is 11.8 Å². The summed E-state index contributed by atoms with van der Waals surface area (Å²) in [5.41, 5.74) is 2.31. The normalized spacial score (nSPS) is 12.1. The van der Waals surface area contributed by atoms with Crippen LogP contribution in [-0.2, 0) is 16.3 Å². The minimum absolute atomic E-state index is 0.181. The minimum Gasteiger partial charge on any atom is -0.496 e. The number of aliphatic imine (C=N–C) groups is 1. The summed E-state index contributed by atoms with van der Waals surface area (Å²) in [7, 11) is 0.464. The molecule has 0 atom stereocenters. The minimum atomic E-state index is -2.90. The lowest BCUT2D eigenvalue weighted by atomic mass is 10.1. The molecule has 0 saturated heterocycles. The fourth-order valence-corrected chi connectivity index (χ4v) is 2.78. The van der Waals surface area contributed by atoms with Crippen LogP contribution in [0.15, 0.2) is 23.2 Å². The number of guanidine groups is 1. The molecule has 0 aliphatic heterocycles. The van der Waals surface area contributed by atoms with Crippen LogP contribution in [-0.4, -0.2) is 53.6 Å². The zero-order valence-corrected chi connectivity index (χ0v) is 15.2. The Morgan fingerprint density at radius 3 is 2.57 bits per heavy atom. The molecule has 0 aliphatic rings. The number of hydrogen-bond acceptors (Lipinski definition) is 4. The Bertz CT molecular complexity index is 627. The highest BCUT2D eigenvalue weighted by molar-refractivity contribution is 7.90. The molecule has 1 aromatic carbocycles. The molecule has 0 bridgehead atoms. The van der Waals surface area contributed by atoms with Gasteiger partial charge in [-0.15, -0.1) is 0 Å². The molecule has 23 heavy (non-hydrogen) atoms. The molecule has 0 amide bonds. The van der Waals surface area contributed by atoms with Crippen molar-refractivity contribution in [3.8, 4) is 5.75 Å². The van der Waals surface area contributed by atoms with Crippen LogP contribution in [0.25, 0.3) is 0 Å². The van der Waals surface area contributed by atoms with Gasteiger partial charge in [-0.3, -0.25) is 4.99 Å². The molecule has 0 aliphatic carbocycles. The number of rotatable bonds is 8. The van der Waals surface area contributed by atoms with Gasteiger partial charge in [-0.05, 0) is 37.0 Å². The molecule has 1 rings (SSSR count). The van der Waals surface area contributed by atoms with Gasteiger partial charge in [0.25, 0.3) is 0 Å². The van der Waals surface area contributed by atoms with Gasteiger partial charge in [-0.25, -0.2) is 8.42 Å². The third kappa shape index (κ3) is 7.88. The van der Waals surface area contributed by atoms with E-state index in [1.807, 2.05) is 19.1 Å². The Hall–Kier alpha value is -1.76. The topological polar surface area (TPSA) is 79.8 Å². The molecular formula is C16H27N3O3S. The van der Waals surface area contributed by atoms with Crippen LogP contribution in [0.4, 0.5) is 0 Å². The highest BCUT2D eigenvalue weighted by Crippen LogP contribution is 2.18. The van der Waals surface area contributed by atoms with Crippen LogP contribution in [0.5, 0.6) is 5.75 Å². The van der Waals surface area contributed by atoms with Crippen molar-refractivity contribution in [2.45, 2.75) is 19.8 Å². The number of benzene rings is 1. The van der Waals surface area contributed by atoms with Gasteiger partial charge >= 0.3 is 0 Å². The molecular weight excluding hydrogens is 314 g/mol. The molecule has 0 saturated carbocycles. The van der Waals surface area contributed by atoms with E-state index in [2.05, 4.69) is 21.7 Å². The van der Waals surface area contributed by atoms with Gasteiger partial charge in [0.15, 0.2) is 5.96 Å². The van der Waals surface area contributed by atoms with E-state index >= 15 is 0 Å². The smallest absolute Gasteiger partial charge is 0.190 e. The van der Waals surface area contributed by atoms with Crippen LogP contribution in [0.1, 0.15) is 17.5 Å². The Balaban J connectivity index is 2.35. The molecule has 0 fully saturated rings. The van der Waals surface area contributed by atoms with Crippen molar-refractivity contribution in [2.24, 2.45) is 4.99 Å². The van der Waals surface area contributed by atoms with Crippen molar-refractivity contribution >= 4 is 15.8 Å². The van der Waals surface area contributed by atoms with E-state index in [4.69, 9.17) is 4.74 Å². The lowest BCUT2D eigenvalue weighted by Crippen LogP contribution is -2.39. The number of aryl methyl sites for hydroxylation is 1. The second-order valence-corrected chi connectivity index (χ2v) is 7.72. The largest absolute Gasteiger partial charge is 0.496 e. The van der Waals surface area contributed by atoms with Crippen LogP contribution >= 0.6 is 0 Å². The molecule has 130 valence electrons. The summed E-state index contributed by atoms with van der Waals surface area (Å²) in [4.78, 5) is 4.12. The Morgan fingerprint density at radius 2 is 1.96 bits per heavy atom. The SMILES string of the molecule is CN=C(NCCCS(C)(=O)=O)NCCc1ccc(C)c(OC)c1. The standard InChI is InChI=1S/C16H27N3O3S/c1-13-6-7-14(12-15(13)22-3)8-10-19-16(17-2)18-9-5-11-23(4,20)21/h6-7,12H,5,8-11H2,1-4H3,(H2,17,18,19). The lowest BCUT2D eigenvalue weighted by Gasteiger charge is -2.12.